The Morgan fingerprint density at radius 1 is 1.27 bits per heavy atom. The first-order valence-corrected chi connectivity index (χ1v) is 8.01. The minimum atomic E-state index is -0.543. The highest BCUT2D eigenvalue weighted by atomic mass is 16.6. The third kappa shape index (κ3) is 4.35. The van der Waals surface area contributed by atoms with Crippen LogP contribution in [-0.2, 0) is 14.3 Å². The van der Waals surface area contributed by atoms with Crippen molar-refractivity contribution in [3.63, 3.8) is 0 Å². The van der Waals surface area contributed by atoms with E-state index in [0.29, 0.717) is 19.6 Å². The zero-order valence-corrected chi connectivity index (χ0v) is 14.3. The lowest BCUT2D eigenvalue weighted by Gasteiger charge is -2.42. The molecule has 0 saturated carbocycles. The van der Waals surface area contributed by atoms with Crippen molar-refractivity contribution in [1.29, 1.82) is 0 Å². The SMILES string of the molecule is CC(C)(C)OC(=O)N1CCC1C(=O)NC1CCOC(C)(C)C1. The van der Waals surface area contributed by atoms with Crippen LogP contribution < -0.4 is 5.32 Å². The van der Waals surface area contributed by atoms with E-state index in [0.717, 1.165) is 12.8 Å². The zero-order chi connectivity index (χ0) is 16.5. The van der Waals surface area contributed by atoms with Crippen molar-refractivity contribution in [2.75, 3.05) is 13.2 Å². The maximum Gasteiger partial charge on any atom is 0.410 e. The lowest BCUT2D eigenvalue weighted by atomic mass is 9.93. The molecule has 0 aromatic carbocycles. The van der Waals surface area contributed by atoms with Crippen LogP contribution in [0.1, 0.15) is 53.9 Å². The Balaban J connectivity index is 1.86. The second-order valence-corrected chi connectivity index (χ2v) is 7.78. The van der Waals surface area contributed by atoms with E-state index in [9.17, 15) is 9.59 Å². The van der Waals surface area contributed by atoms with Crippen LogP contribution in [0.5, 0.6) is 0 Å². The van der Waals surface area contributed by atoms with E-state index >= 15 is 0 Å². The van der Waals surface area contributed by atoms with Crippen molar-refractivity contribution in [1.82, 2.24) is 10.2 Å². The van der Waals surface area contributed by atoms with Gasteiger partial charge in [-0.25, -0.2) is 4.79 Å². The first-order chi connectivity index (χ1) is 10.1. The molecule has 0 bridgehead atoms. The molecule has 22 heavy (non-hydrogen) atoms. The Kier molecular flexibility index (Phi) is 4.70. The molecular weight excluding hydrogens is 284 g/mol. The summed E-state index contributed by atoms with van der Waals surface area (Å²) in [4.78, 5) is 25.9. The molecule has 0 aromatic rings. The Hall–Kier alpha value is -1.30. The van der Waals surface area contributed by atoms with E-state index in [-0.39, 0.29) is 17.6 Å². The van der Waals surface area contributed by atoms with E-state index in [1.165, 1.54) is 4.90 Å². The van der Waals surface area contributed by atoms with Gasteiger partial charge in [-0.1, -0.05) is 0 Å². The first kappa shape index (κ1) is 17.1. The second kappa shape index (κ2) is 6.07. The second-order valence-electron chi connectivity index (χ2n) is 7.78. The molecule has 2 amide bonds. The fraction of sp³-hybridized carbons (Fsp3) is 0.875. The van der Waals surface area contributed by atoms with Crippen LogP contribution >= 0.6 is 0 Å². The summed E-state index contributed by atoms with van der Waals surface area (Å²) in [5.41, 5.74) is -0.751. The number of hydrogen-bond donors (Lipinski definition) is 1. The minimum Gasteiger partial charge on any atom is -0.444 e. The van der Waals surface area contributed by atoms with Gasteiger partial charge in [-0.15, -0.1) is 0 Å². The van der Waals surface area contributed by atoms with Crippen molar-refractivity contribution < 1.29 is 19.1 Å². The Labute approximate surface area is 132 Å². The van der Waals surface area contributed by atoms with Gasteiger partial charge in [0.2, 0.25) is 5.91 Å². The van der Waals surface area contributed by atoms with Crippen molar-refractivity contribution in [2.45, 2.75) is 77.2 Å². The van der Waals surface area contributed by atoms with Crippen LogP contribution in [0.2, 0.25) is 0 Å². The summed E-state index contributed by atoms with van der Waals surface area (Å²) < 4.78 is 11.0. The quantitative estimate of drug-likeness (QED) is 0.847. The van der Waals surface area contributed by atoms with Crippen molar-refractivity contribution in [3.05, 3.63) is 0 Å². The standard InChI is InChI=1S/C16H28N2O4/c1-15(2,3)22-14(20)18-8-6-12(18)13(19)17-11-7-9-21-16(4,5)10-11/h11-12H,6-10H2,1-5H3,(H,17,19). The molecule has 126 valence electrons. The van der Waals surface area contributed by atoms with Gasteiger partial charge >= 0.3 is 6.09 Å². The van der Waals surface area contributed by atoms with Crippen molar-refractivity contribution in [2.24, 2.45) is 0 Å². The lowest BCUT2D eigenvalue weighted by molar-refractivity contribution is -0.133. The summed E-state index contributed by atoms with van der Waals surface area (Å²) in [6.45, 7) is 10.8. The Morgan fingerprint density at radius 2 is 1.95 bits per heavy atom. The predicted molar refractivity (Wildman–Crippen MR) is 82.5 cm³/mol. The van der Waals surface area contributed by atoms with Gasteiger partial charge in [-0.3, -0.25) is 9.69 Å². The highest BCUT2D eigenvalue weighted by Gasteiger charge is 2.41. The molecule has 2 aliphatic heterocycles. The van der Waals surface area contributed by atoms with Gasteiger partial charge in [0.25, 0.3) is 0 Å². The number of nitrogens with zero attached hydrogens (tertiary/aromatic N) is 1. The van der Waals surface area contributed by atoms with Gasteiger partial charge in [0, 0.05) is 19.2 Å². The molecule has 2 unspecified atom stereocenters. The van der Waals surface area contributed by atoms with Crippen LogP contribution in [0.4, 0.5) is 4.79 Å². The fourth-order valence-corrected chi connectivity index (χ4v) is 2.85. The van der Waals surface area contributed by atoms with Gasteiger partial charge in [0.05, 0.1) is 5.60 Å². The van der Waals surface area contributed by atoms with Crippen molar-refractivity contribution in [3.8, 4) is 0 Å². The normalized spacial score (nSPS) is 27.8. The minimum absolute atomic E-state index is 0.0835. The molecule has 2 fully saturated rings. The summed E-state index contributed by atoms with van der Waals surface area (Å²) in [7, 11) is 0. The molecule has 1 N–H and O–H groups in total. The van der Waals surface area contributed by atoms with Crippen LogP contribution in [0.15, 0.2) is 0 Å². The first-order valence-electron chi connectivity index (χ1n) is 8.01. The zero-order valence-electron chi connectivity index (χ0n) is 14.3. The fourth-order valence-electron chi connectivity index (χ4n) is 2.85. The number of carbonyl (C=O) groups is 2. The molecule has 2 heterocycles. The molecule has 6 nitrogen and oxygen atoms in total. The number of carbonyl (C=O) groups excluding carboxylic acids is 2. The largest absolute Gasteiger partial charge is 0.444 e. The van der Waals surface area contributed by atoms with E-state index in [4.69, 9.17) is 9.47 Å². The molecule has 2 aliphatic rings. The average molecular weight is 312 g/mol. The van der Waals surface area contributed by atoms with Crippen LogP contribution in [-0.4, -0.2) is 53.3 Å². The highest BCUT2D eigenvalue weighted by molar-refractivity contribution is 5.87. The maximum atomic E-state index is 12.4. The summed E-state index contributed by atoms with van der Waals surface area (Å²) in [6, 6.07) is -0.293. The molecule has 0 aliphatic carbocycles. The Bertz CT molecular complexity index is 442. The van der Waals surface area contributed by atoms with Crippen molar-refractivity contribution >= 4 is 12.0 Å². The van der Waals surface area contributed by atoms with Crippen LogP contribution in [0, 0.1) is 0 Å². The predicted octanol–water partition coefficient (Wildman–Crippen LogP) is 2.07. The number of hydrogen-bond acceptors (Lipinski definition) is 4. The van der Waals surface area contributed by atoms with Crippen LogP contribution in [0.25, 0.3) is 0 Å². The summed E-state index contributed by atoms with van der Waals surface area (Å²) in [5, 5.41) is 3.06. The van der Waals surface area contributed by atoms with Crippen LogP contribution in [0.3, 0.4) is 0 Å². The van der Waals surface area contributed by atoms with Gasteiger partial charge in [-0.2, -0.15) is 0 Å². The molecule has 0 spiro atoms. The summed E-state index contributed by atoms with van der Waals surface area (Å²) >= 11 is 0. The van der Waals surface area contributed by atoms with Gasteiger partial charge in [-0.05, 0) is 53.9 Å². The summed E-state index contributed by atoms with van der Waals surface area (Å²) in [5.74, 6) is -0.0835. The van der Waals surface area contributed by atoms with E-state index in [1.807, 2.05) is 34.6 Å². The number of rotatable bonds is 2. The number of nitrogens with one attached hydrogen (secondary N) is 1. The van der Waals surface area contributed by atoms with Gasteiger partial charge in [0.15, 0.2) is 0 Å². The number of likely N-dealkylation sites (tertiary alicyclic amines) is 1. The smallest absolute Gasteiger partial charge is 0.410 e. The van der Waals surface area contributed by atoms with Gasteiger partial charge in [0.1, 0.15) is 11.6 Å². The molecule has 0 radical (unpaired) electrons. The molecule has 2 rings (SSSR count). The topological polar surface area (TPSA) is 67.9 Å². The molecular formula is C16H28N2O4. The van der Waals surface area contributed by atoms with Gasteiger partial charge < -0.3 is 14.8 Å². The van der Waals surface area contributed by atoms with E-state index < -0.39 is 17.7 Å². The number of ether oxygens (including phenoxy) is 2. The van der Waals surface area contributed by atoms with E-state index in [1.54, 1.807) is 0 Å². The Morgan fingerprint density at radius 3 is 2.45 bits per heavy atom. The lowest BCUT2D eigenvalue weighted by Crippen LogP contribution is -2.61. The molecule has 0 aromatic heterocycles. The third-order valence-corrected chi connectivity index (χ3v) is 3.99. The molecule has 2 saturated heterocycles. The average Bonchev–Trinajstić information content (AvgIpc) is 2.22. The highest BCUT2D eigenvalue weighted by Crippen LogP contribution is 2.25. The number of amides is 2. The third-order valence-electron chi connectivity index (χ3n) is 3.99. The molecule has 6 heteroatoms. The monoisotopic (exact) mass is 312 g/mol. The summed E-state index contributed by atoms with van der Waals surface area (Å²) in [6.07, 6.45) is 1.88. The molecule has 2 atom stereocenters. The van der Waals surface area contributed by atoms with E-state index in [2.05, 4.69) is 5.32 Å². The maximum absolute atomic E-state index is 12.4.